The summed E-state index contributed by atoms with van der Waals surface area (Å²) in [6.45, 7) is 3.55. The SMILES string of the molecule is CC(C)[C@H](N)C(=O)OCCO.[H+]. The molecular formula is C7H16NO3+. The van der Waals surface area contributed by atoms with E-state index in [0.29, 0.717) is 0 Å². The van der Waals surface area contributed by atoms with Gasteiger partial charge in [-0.1, -0.05) is 13.8 Å². The van der Waals surface area contributed by atoms with Gasteiger partial charge in [0.05, 0.1) is 6.61 Å². The molecule has 1 atom stereocenters. The second kappa shape index (κ2) is 5.09. The molecule has 0 amide bonds. The van der Waals surface area contributed by atoms with Gasteiger partial charge in [0.25, 0.3) is 0 Å². The third kappa shape index (κ3) is 3.95. The Morgan fingerprint density at radius 3 is 2.64 bits per heavy atom. The first kappa shape index (κ1) is 10.4. The lowest BCUT2D eigenvalue weighted by molar-refractivity contribution is -0.147. The number of hydrogen-bond acceptors (Lipinski definition) is 4. The van der Waals surface area contributed by atoms with Crippen molar-refractivity contribution in [1.29, 1.82) is 0 Å². The third-order valence-corrected chi connectivity index (χ3v) is 1.33. The number of aliphatic hydroxyl groups is 1. The maximum Gasteiger partial charge on any atom is 1.00 e. The van der Waals surface area contributed by atoms with Gasteiger partial charge in [-0.05, 0) is 5.92 Å². The van der Waals surface area contributed by atoms with E-state index < -0.39 is 12.0 Å². The fraction of sp³-hybridized carbons (Fsp3) is 0.857. The molecule has 11 heavy (non-hydrogen) atoms. The van der Waals surface area contributed by atoms with Gasteiger partial charge in [-0.3, -0.25) is 4.79 Å². The topological polar surface area (TPSA) is 72.6 Å². The summed E-state index contributed by atoms with van der Waals surface area (Å²) in [4.78, 5) is 10.9. The maximum absolute atomic E-state index is 10.9. The zero-order chi connectivity index (χ0) is 8.85. The second-order valence-electron chi connectivity index (χ2n) is 2.66. The molecule has 0 rings (SSSR count). The average Bonchev–Trinajstić information content (AvgIpc) is 1.98. The number of nitrogens with two attached hydrogens (primary N) is 1. The number of aliphatic hydroxyl groups excluding tert-OH is 1. The summed E-state index contributed by atoms with van der Waals surface area (Å²) in [6, 6.07) is -0.582. The second-order valence-corrected chi connectivity index (χ2v) is 2.66. The summed E-state index contributed by atoms with van der Waals surface area (Å²) in [7, 11) is 0. The number of rotatable bonds is 4. The van der Waals surface area contributed by atoms with E-state index in [4.69, 9.17) is 10.8 Å². The number of carbonyl (C=O) groups excluding carboxylic acids is 1. The first-order valence-electron chi connectivity index (χ1n) is 3.62. The molecule has 0 aromatic carbocycles. The van der Waals surface area contributed by atoms with Crippen LogP contribution in [0.4, 0.5) is 0 Å². The zero-order valence-electron chi connectivity index (χ0n) is 7.91. The van der Waals surface area contributed by atoms with Crippen LogP contribution < -0.4 is 5.73 Å². The van der Waals surface area contributed by atoms with Gasteiger partial charge in [0.15, 0.2) is 0 Å². The molecule has 0 saturated carbocycles. The Hall–Kier alpha value is -0.610. The molecule has 0 aromatic heterocycles. The molecule has 0 aromatic rings. The normalized spacial score (nSPS) is 13.2. The summed E-state index contributed by atoms with van der Waals surface area (Å²) >= 11 is 0. The molecule has 4 heteroatoms. The first-order chi connectivity index (χ1) is 5.09. The number of hydrogen-bond donors (Lipinski definition) is 2. The van der Waals surface area contributed by atoms with E-state index in [1.807, 2.05) is 13.8 Å². The van der Waals surface area contributed by atoms with Crippen LogP contribution in [0.15, 0.2) is 0 Å². The Bertz CT molecular complexity index is 130. The minimum atomic E-state index is -0.582. The van der Waals surface area contributed by atoms with Crippen molar-refractivity contribution < 1.29 is 16.1 Å². The largest absolute Gasteiger partial charge is 1.00 e. The Morgan fingerprint density at radius 1 is 1.73 bits per heavy atom. The summed E-state index contributed by atoms with van der Waals surface area (Å²) in [6.07, 6.45) is 0. The van der Waals surface area contributed by atoms with Gasteiger partial charge in [0.2, 0.25) is 0 Å². The Labute approximate surface area is 67.8 Å². The van der Waals surface area contributed by atoms with Crippen LogP contribution in [0.1, 0.15) is 15.3 Å². The highest BCUT2D eigenvalue weighted by Gasteiger charge is 2.17. The molecular weight excluding hydrogens is 146 g/mol. The number of carbonyl (C=O) groups is 1. The smallest absolute Gasteiger partial charge is 0.462 e. The fourth-order valence-electron chi connectivity index (χ4n) is 0.515. The van der Waals surface area contributed by atoms with Crippen LogP contribution in [0.2, 0.25) is 0 Å². The van der Waals surface area contributed by atoms with E-state index in [1.165, 1.54) is 0 Å². The van der Waals surface area contributed by atoms with E-state index in [1.54, 1.807) is 0 Å². The molecule has 3 N–H and O–H groups in total. The van der Waals surface area contributed by atoms with Gasteiger partial charge in [-0.15, -0.1) is 0 Å². The number of esters is 1. The van der Waals surface area contributed by atoms with E-state index in [0.717, 1.165) is 0 Å². The van der Waals surface area contributed by atoms with E-state index >= 15 is 0 Å². The molecule has 4 nitrogen and oxygen atoms in total. The molecule has 0 bridgehead atoms. The van der Waals surface area contributed by atoms with Crippen LogP contribution in [0.25, 0.3) is 0 Å². The third-order valence-electron chi connectivity index (χ3n) is 1.33. The van der Waals surface area contributed by atoms with Crippen molar-refractivity contribution in [2.24, 2.45) is 11.7 Å². The minimum absolute atomic E-state index is 0. The molecule has 0 spiro atoms. The molecule has 0 heterocycles. The number of ether oxygens (including phenoxy) is 1. The molecule has 0 unspecified atom stereocenters. The molecule has 0 aliphatic heterocycles. The predicted molar refractivity (Wildman–Crippen MR) is 42.0 cm³/mol. The van der Waals surface area contributed by atoms with Crippen molar-refractivity contribution in [3.8, 4) is 0 Å². The Morgan fingerprint density at radius 2 is 2.27 bits per heavy atom. The van der Waals surface area contributed by atoms with Crippen molar-refractivity contribution in [2.45, 2.75) is 19.9 Å². The average molecular weight is 162 g/mol. The lowest BCUT2D eigenvalue weighted by Crippen LogP contribution is -2.37. The lowest BCUT2D eigenvalue weighted by Gasteiger charge is -2.13. The van der Waals surface area contributed by atoms with Gasteiger partial charge < -0.3 is 15.6 Å². The van der Waals surface area contributed by atoms with Gasteiger partial charge in [-0.25, -0.2) is 0 Å². The summed E-state index contributed by atoms with van der Waals surface area (Å²) in [5.74, 6) is -0.379. The van der Waals surface area contributed by atoms with Crippen LogP contribution in [0.3, 0.4) is 0 Å². The van der Waals surface area contributed by atoms with Crippen molar-refractivity contribution in [2.75, 3.05) is 13.2 Å². The molecule has 0 aliphatic rings. The highest BCUT2D eigenvalue weighted by Crippen LogP contribution is 1.99. The van der Waals surface area contributed by atoms with Crippen molar-refractivity contribution in [3.05, 3.63) is 0 Å². The standard InChI is InChI=1S/C7H15NO3/c1-5(2)6(8)7(10)11-4-3-9/h5-6,9H,3-4,8H2,1-2H3/p+1/t6-/m0/s1. The minimum Gasteiger partial charge on any atom is -0.462 e. The van der Waals surface area contributed by atoms with Gasteiger partial charge in [0.1, 0.15) is 12.6 Å². The van der Waals surface area contributed by atoms with E-state index in [2.05, 4.69) is 4.74 Å². The molecule has 0 saturated heterocycles. The van der Waals surface area contributed by atoms with Crippen molar-refractivity contribution >= 4 is 5.97 Å². The van der Waals surface area contributed by atoms with Crippen molar-refractivity contribution in [3.63, 3.8) is 0 Å². The molecule has 0 fully saturated rings. The zero-order valence-corrected chi connectivity index (χ0v) is 6.91. The Kier molecular flexibility index (Phi) is 4.81. The molecule has 0 aliphatic carbocycles. The van der Waals surface area contributed by atoms with E-state index in [9.17, 15) is 4.79 Å². The highest BCUT2D eigenvalue weighted by atomic mass is 16.5. The molecule has 66 valence electrons. The summed E-state index contributed by atoms with van der Waals surface area (Å²) < 4.78 is 4.60. The van der Waals surface area contributed by atoms with Gasteiger partial charge in [0, 0.05) is 0 Å². The van der Waals surface area contributed by atoms with E-state index in [-0.39, 0.29) is 20.6 Å². The van der Waals surface area contributed by atoms with Crippen LogP contribution in [-0.2, 0) is 9.53 Å². The van der Waals surface area contributed by atoms with Crippen LogP contribution in [-0.4, -0.2) is 30.3 Å². The van der Waals surface area contributed by atoms with Crippen LogP contribution in [0.5, 0.6) is 0 Å². The quantitative estimate of drug-likeness (QED) is 0.552. The lowest BCUT2D eigenvalue weighted by atomic mass is 10.1. The summed E-state index contributed by atoms with van der Waals surface area (Å²) in [5.41, 5.74) is 5.44. The molecule has 0 radical (unpaired) electrons. The maximum atomic E-state index is 10.9. The summed E-state index contributed by atoms with van der Waals surface area (Å²) in [5, 5.41) is 8.32. The monoisotopic (exact) mass is 162 g/mol. The fourth-order valence-corrected chi connectivity index (χ4v) is 0.515. The van der Waals surface area contributed by atoms with Gasteiger partial charge >= 0.3 is 7.40 Å². The Balaban J connectivity index is 0. The van der Waals surface area contributed by atoms with Gasteiger partial charge in [-0.2, -0.15) is 0 Å². The van der Waals surface area contributed by atoms with Crippen LogP contribution in [0, 0.1) is 5.92 Å². The first-order valence-corrected chi connectivity index (χ1v) is 3.62. The highest BCUT2D eigenvalue weighted by molar-refractivity contribution is 5.75. The van der Waals surface area contributed by atoms with Crippen molar-refractivity contribution in [1.82, 2.24) is 0 Å². The van der Waals surface area contributed by atoms with Crippen LogP contribution >= 0.6 is 0 Å². The predicted octanol–water partition coefficient (Wildman–Crippen LogP) is -0.382.